The molecular weight excluding hydrogens is 280 g/mol. The standard InChI is InChI=1S/C17H18N2O3/c1-22-17-10-7-13(12-19-17)11-18-16(21)9-8-15(20)14-5-3-2-4-6-14/h2-7,10,12H,8-9,11H2,1H3,(H,18,21). The fraction of sp³-hybridized carbons (Fsp3) is 0.235. The van der Waals surface area contributed by atoms with Gasteiger partial charge in [0, 0.05) is 37.2 Å². The Morgan fingerprint density at radius 1 is 1.09 bits per heavy atom. The highest BCUT2D eigenvalue weighted by Crippen LogP contribution is 2.07. The summed E-state index contributed by atoms with van der Waals surface area (Å²) in [7, 11) is 1.55. The number of benzene rings is 1. The quantitative estimate of drug-likeness (QED) is 0.797. The molecule has 0 saturated heterocycles. The van der Waals surface area contributed by atoms with Gasteiger partial charge in [0.1, 0.15) is 0 Å². The van der Waals surface area contributed by atoms with Gasteiger partial charge >= 0.3 is 0 Å². The van der Waals surface area contributed by atoms with Gasteiger partial charge in [0.25, 0.3) is 0 Å². The van der Waals surface area contributed by atoms with Gasteiger partial charge in [0.05, 0.1) is 7.11 Å². The van der Waals surface area contributed by atoms with Crippen LogP contribution in [0.15, 0.2) is 48.7 Å². The Kier molecular flexibility index (Phi) is 5.65. The lowest BCUT2D eigenvalue weighted by atomic mass is 10.1. The number of rotatable bonds is 7. The van der Waals surface area contributed by atoms with E-state index < -0.39 is 0 Å². The smallest absolute Gasteiger partial charge is 0.220 e. The molecular formula is C17H18N2O3. The van der Waals surface area contributed by atoms with Crippen molar-refractivity contribution in [3.8, 4) is 5.88 Å². The summed E-state index contributed by atoms with van der Waals surface area (Å²) in [6.07, 6.45) is 2.03. The molecule has 5 nitrogen and oxygen atoms in total. The molecule has 1 aromatic carbocycles. The monoisotopic (exact) mass is 298 g/mol. The zero-order chi connectivity index (χ0) is 15.8. The second kappa shape index (κ2) is 7.93. The van der Waals surface area contributed by atoms with Crippen LogP contribution in [0, 0.1) is 0 Å². The number of hydrogen-bond acceptors (Lipinski definition) is 4. The lowest BCUT2D eigenvalue weighted by Crippen LogP contribution is -2.23. The Morgan fingerprint density at radius 3 is 2.50 bits per heavy atom. The fourth-order valence-electron chi connectivity index (χ4n) is 1.92. The van der Waals surface area contributed by atoms with E-state index in [4.69, 9.17) is 4.74 Å². The van der Waals surface area contributed by atoms with E-state index in [1.54, 1.807) is 31.5 Å². The summed E-state index contributed by atoms with van der Waals surface area (Å²) in [4.78, 5) is 27.7. The van der Waals surface area contributed by atoms with Crippen LogP contribution >= 0.6 is 0 Å². The molecule has 1 N–H and O–H groups in total. The molecule has 0 spiro atoms. The maximum absolute atomic E-state index is 11.9. The summed E-state index contributed by atoms with van der Waals surface area (Å²) >= 11 is 0. The second-order valence-corrected chi connectivity index (χ2v) is 4.77. The van der Waals surface area contributed by atoms with Gasteiger partial charge in [-0.25, -0.2) is 4.98 Å². The molecule has 0 fully saturated rings. The first-order chi connectivity index (χ1) is 10.7. The van der Waals surface area contributed by atoms with E-state index in [2.05, 4.69) is 10.3 Å². The third-order valence-corrected chi connectivity index (χ3v) is 3.17. The summed E-state index contributed by atoms with van der Waals surface area (Å²) in [5.74, 6) is 0.352. The van der Waals surface area contributed by atoms with E-state index in [-0.39, 0.29) is 24.5 Å². The lowest BCUT2D eigenvalue weighted by Gasteiger charge is -2.06. The largest absolute Gasteiger partial charge is 0.481 e. The number of nitrogens with one attached hydrogen (secondary N) is 1. The Hall–Kier alpha value is -2.69. The van der Waals surface area contributed by atoms with Gasteiger partial charge in [-0.3, -0.25) is 9.59 Å². The van der Waals surface area contributed by atoms with Crippen LogP contribution in [0.25, 0.3) is 0 Å². The molecule has 0 atom stereocenters. The molecule has 5 heteroatoms. The summed E-state index contributed by atoms with van der Waals surface area (Å²) < 4.78 is 4.97. The molecule has 0 aliphatic rings. The second-order valence-electron chi connectivity index (χ2n) is 4.77. The van der Waals surface area contributed by atoms with Crippen LogP contribution in [0.4, 0.5) is 0 Å². The van der Waals surface area contributed by atoms with Crippen molar-refractivity contribution in [3.63, 3.8) is 0 Å². The predicted octanol–water partition coefficient (Wildman–Crippen LogP) is 2.37. The topological polar surface area (TPSA) is 68.3 Å². The molecule has 2 aromatic rings. The van der Waals surface area contributed by atoms with Crippen molar-refractivity contribution in [3.05, 3.63) is 59.8 Å². The van der Waals surface area contributed by atoms with Crippen molar-refractivity contribution >= 4 is 11.7 Å². The van der Waals surface area contributed by atoms with Crippen molar-refractivity contribution in [2.45, 2.75) is 19.4 Å². The normalized spacial score (nSPS) is 10.0. The number of aromatic nitrogens is 1. The van der Waals surface area contributed by atoms with Crippen LogP contribution in [0.5, 0.6) is 5.88 Å². The molecule has 0 unspecified atom stereocenters. The highest BCUT2D eigenvalue weighted by molar-refractivity contribution is 5.97. The first-order valence-electron chi connectivity index (χ1n) is 7.03. The minimum atomic E-state index is -0.153. The van der Waals surface area contributed by atoms with E-state index in [1.165, 1.54) is 0 Å². The van der Waals surface area contributed by atoms with Crippen LogP contribution in [-0.4, -0.2) is 23.8 Å². The van der Waals surface area contributed by atoms with Crippen molar-refractivity contribution in [1.82, 2.24) is 10.3 Å². The summed E-state index contributed by atoms with van der Waals surface area (Å²) in [6, 6.07) is 12.6. The van der Waals surface area contributed by atoms with Crippen LogP contribution in [0.1, 0.15) is 28.8 Å². The minimum absolute atomic E-state index is 0.0261. The predicted molar refractivity (Wildman–Crippen MR) is 82.6 cm³/mol. The van der Waals surface area contributed by atoms with Crippen molar-refractivity contribution in [1.29, 1.82) is 0 Å². The summed E-state index contributed by atoms with van der Waals surface area (Å²) in [5, 5.41) is 2.77. The van der Waals surface area contributed by atoms with E-state index >= 15 is 0 Å². The van der Waals surface area contributed by atoms with Crippen LogP contribution in [0.3, 0.4) is 0 Å². The maximum Gasteiger partial charge on any atom is 0.220 e. The zero-order valence-corrected chi connectivity index (χ0v) is 12.4. The summed E-state index contributed by atoms with van der Waals surface area (Å²) in [5.41, 5.74) is 1.51. The number of methoxy groups -OCH3 is 1. The molecule has 0 aliphatic heterocycles. The Bertz CT molecular complexity index is 624. The van der Waals surface area contributed by atoms with Crippen molar-refractivity contribution in [2.24, 2.45) is 0 Å². The van der Waals surface area contributed by atoms with Gasteiger partial charge in [0.2, 0.25) is 11.8 Å². The fourth-order valence-corrected chi connectivity index (χ4v) is 1.92. The van der Waals surface area contributed by atoms with Crippen molar-refractivity contribution < 1.29 is 14.3 Å². The number of ketones is 1. The molecule has 0 saturated carbocycles. The molecule has 2 rings (SSSR count). The Morgan fingerprint density at radius 2 is 1.86 bits per heavy atom. The van der Waals surface area contributed by atoms with Crippen molar-refractivity contribution in [2.75, 3.05) is 7.11 Å². The first-order valence-corrected chi connectivity index (χ1v) is 7.03. The van der Waals surface area contributed by atoms with E-state index in [0.717, 1.165) is 5.56 Å². The van der Waals surface area contributed by atoms with Gasteiger partial charge < -0.3 is 10.1 Å². The molecule has 114 valence electrons. The van der Waals surface area contributed by atoms with Crippen LogP contribution in [0.2, 0.25) is 0 Å². The molecule has 0 bridgehead atoms. The molecule has 0 aliphatic carbocycles. The van der Waals surface area contributed by atoms with E-state index in [1.807, 2.05) is 24.3 Å². The van der Waals surface area contributed by atoms with Gasteiger partial charge in [-0.2, -0.15) is 0 Å². The SMILES string of the molecule is COc1ccc(CNC(=O)CCC(=O)c2ccccc2)cn1. The number of Topliss-reactive ketones (excluding diaryl/α,β-unsaturated/α-hetero) is 1. The molecule has 1 amide bonds. The maximum atomic E-state index is 11.9. The molecule has 1 aromatic heterocycles. The number of ether oxygens (including phenoxy) is 1. The minimum Gasteiger partial charge on any atom is -0.481 e. The van der Waals surface area contributed by atoms with Crippen LogP contribution in [-0.2, 0) is 11.3 Å². The number of amides is 1. The number of hydrogen-bond donors (Lipinski definition) is 1. The molecule has 22 heavy (non-hydrogen) atoms. The van der Waals surface area contributed by atoms with E-state index in [0.29, 0.717) is 18.0 Å². The number of carbonyl (C=O) groups excluding carboxylic acids is 2. The lowest BCUT2D eigenvalue weighted by molar-refractivity contribution is -0.121. The average Bonchev–Trinajstić information content (AvgIpc) is 2.59. The number of nitrogens with zero attached hydrogens (tertiary/aromatic N) is 1. The number of carbonyl (C=O) groups is 2. The van der Waals surface area contributed by atoms with E-state index in [9.17, 15) is 9.59 Å². The Balaban J connectivity index is 1.74. The molecule has 1 heterocycles. The first kappa shape index (κ1) is 15.7. The highest BCUT2D eigenvalue weighted by atomic mass is 16.5. The van der Waals surface area contributed by atoms with Gasteiger partial charge in [-0.1, -0.05) is 36.4 Å². The van der Waals surface area contributed by atoms with Crippen LogP contribution < -0.4 is 10.1 Å². The summed E-state index contributed by atoms with van der Waals surface area (Å²) in [6.45, 7) is 0.384. The van der Waals surface area contributed by atoms with Gasteiger partial charge in [-0.15, -0.1) is 0 Å². The highest BCUT2D eigenvalue weighted by Gasteiger charge is 2.08. The Labute approximate surface area is 129 Å². The van der Waals surface area contributed by atoms with Gasteiger partial charge in [0.15, 0.2) is 5.78 Å². The number of pyridine rings is 1. The zero-order valence-electron chi connectivity index (χ0n) is 12.4. The molecule has 0 radical (unpaired) electrons. The average molecular weight is 298 g/mol. The van der Waals surface area contributed by atoms with Gasteiger partial charge in [-0.05, 0) is 5.56 Å². The third kappa shape index (κ3) is 4.70. The third-order valence-electron chi connectivity index (χ3n) is 3.17.